The summed E-state index contributed by atoms with van der Waals surface area (Å²) in [6.07, 6.45) is 9.54. The summed E-state index contributed by atoms with van der Waals surface area (Å²) in [6, 6.07) is 0. The average molecular weight is 243 g/mol. The first-order chi connectivity index (χ1) is 8.79. The summed E-state index contributed by atoms with van der Waals surface area (Å²) in [6.45, 7) is 2.78. The molecule has 0 spiro atoms. The van der Waals surface area contributed by atoms with Gasteiger partial charge in [-0.05, 0) is 6.92 Å². The van der Waals surface area contributed by atoms with Crippen LogP contribution in [0.1, 0.15) is 24.2 Å². The van der Waals surface area contributed by atoms with Crippen LogP contribution in [-0.2, 0) is 6.54 Å². The third-order valence-corrected chi connectivity index (χ3v) is 2.94. The molecule has 0 amide bonds. The third-order valence-electron chi connectivity index (χ3n) is 2.94. The van der Waals surface area contributed by atoms with Crippen molar-refractivity contribution < 1.29 is 5.11 Å². The van der Waals surface area contributed by atoms with Gasteiger partial charge < -0.3 is 5.11 Å². The van der Waals surface area contributed by atoms with Crippen molar-refractivity contribution in [3.8, 4) is 0 Å². The Bertz CT molecular complexity index is 672. The Morgan fingerprint density at radius 2 is 2.17 bits per heavy atom. The number of fused-ring (bicyclic) bond motifs is 1. The molecule has 6 nitrogen and oxygen atoms in total. The van der Waals surface area contributed by atoms with Gasteiger partial charge in [0.15, 0.2) is 0 Å². The third kappa shape index (κ3) is 1.67. The standard InChI is InChI=1S/C12H13N5O/c1-2-16-8-9(5-14-16)12(18)10-6-15-17-4-3-13-7-11(10)17/h3-8,12,18H,2H2,1H3. The maximum absolute atomic E-state index is 10.4. The van der Waals surface area contributed by atoms with Gasteiger partial charge in [0.25, 0.3) is 0 Å². The maximum atomic E-state index is 10.4. The quantitative estimate of drug-likeness (QED) is 0.746. The average Bonchev–Trinajstić information content (AvgIpc) is 3.04. The molecular formula is C12H13N5O. The topological polar surface area (TPSA) is 68.2 Å². The lowest BCUT2D eigenvalue weighted by Crippen LogP contribution is -1.99. The molecule has 3 heterocycles. The SMILES string of the molecule is CCn1cc(C(O)c2cnn3ccncc23)cn1. The zero-order valence-corrected chi connectivity index (χ0v) is 9.93. The number of nitrogens with zero attached hydrogens (tertiary/aromatic N) is 5. The molecule has 0 aliphatic heterocycles. The van der Waals surface area contributed by atoms with E-state index in [4.69, 9.17) is 0 Å². The first-order valence-corrected chi connectivity index (χ1v) is 5.77. The van der Waals surface area contributed by atoms with Gasteiger partial charge in [0.2, 0.25) is 0 Å². The minimum atomic E-state index is -0.730. The van der Waals surface area contributed by atoms with E-state index in [1.807, 2.05) is 13.1 Å². The number of aliphatic hydroxyl groups is 1. The molecular weight excluding hydrogens is 230 g/mol. The summed E-state index contributed by atoms with van der Waals surface area (Å²) in [4.78, 5) is 4.05. The molecule has 6 heteroatoms. The van der Waals surface area contributed by atoms with E-state index >= 15 is 0 Å². The highest BCUT2D eigenvalue weighted by molar-refractivity contribution is 5.54. The fourth-order valence-electron chi connectivity index (χ4n) is 1.94. The lowest BCUT2D eigenvalue weighted by atomic mass is 10.1. The van der Waals surface area contributed by atoms with Gasteiger partial charge in [-0.25, -0.2) is 4.52 Å². The van der Waals surface area contributed by atoms with Crippen LogP contribution in [0.15, 0.2) is 37.2 Å². The fraction of sp³-hybridized carbons (Fsp3) is 0.250. The number of aromatic nitrogens is 5. The van der Waals surface area contributed by atoms with Crippen LogP contribution < -0.4 is 0 Å². The van der Waals surface area contributed by atoms with E-state index < -0.39 is 6.10 Å². The molecule has 18 heavy (non-hydrogen) atoms. The van der Waals surface area contributed by atoms with E-state index in [2.05, 4.69) is 15.2 Å². The van der Waals surface area contributed by atoms with Gasteiger partial charge in [0.05, 0.1) is 24.1 Å². The van der Waals surface area contributed by atoms with Crippen molar-refractivity contribution >= 4 is 5.52 Å². The van der Waals surface area contributed by atoms with E-state index in [0.717, 1.165) is 23.2 Å². The normalized spacial score (nSPS) is 13.0. The largest absolute Gasteiger partial charge is 0.383 e. The van der Waals surface area contributed by atoms with E-state index in [-0.39, 0.29) is 0 Å². The van der Waals surface area contributed by atoms with Crippen LogP contribution in [0.2, 0.25) is 0 Å². The smallest absolute Gasteiger partial charge is 0.111 e. The van der Waals surface area contributed by atoms with E-state index in [9.17, 15) is 5.11 Å². The second kappa shape index (κ2) is 4.23. The first-order valence-electron chi connectivity index (χ1n) is 5.77. The predicted molar refractivity (Wildman–Crippen MR) is 64.9 cm³/mol. The van der Waals surface area contributed by atoms with Crippen LogP contribution in [0.25, 0.3) is 5.52 Å². The Kier molecular flexibility index (Phi) is 2.56. The van der Waals surface area contributed by atoms with Crippen LogP contribution in [0.5, 0.6) is 0 Å². The highest BCUT2D eigenvalue weighted by Crippen LogP contribution is 2.24. The van der Waals surface area contributed by atoms with Crippen molar-refractivity contribution in [2.75, 3.05) is 0 Å². The summed E-state index contributed by atoms with van der Waals surface area (Å²) in [5.41, 5.74) is 2.30. The molecule has 0 aliphatic rings. The van der Waals surface area contributed by atoms with Crippen molar-refractivity contribution in [1.29, 1.82) is 0 Å². The van der Waals surface area contributed by atoms with E-state index in [1.54, 1.807) is 40.2 Å². The lowest BCUT2D eigenvalue weighted by Gasteiger charge is -2.06. The van der Waals surface area contributed by atoms with Gasteiger partial charge >= 0.3 is 0 Å². The minimum absolute atomic E-state index is 0.730. The summed E-state index contributed by atoms with van der Waals surface area (Å²) >= 11 is 0. The van der Waals surface area contributed by atoms with Crippen LogP contribution >= 0.6 is 0 Å². The minimum Gasteiger partial charge on any atom is -0.383 e. The lowest BCUT2D eigenvalue weighted by molar-refractivity contribution is 0.221. The van der Waals surface area contributed by atoms with Crippen molar-refractivity contribution in [1.82, 2.24) is 24.4 Å². The Morgan fingerprint density at radius 1 is 1.28 bits per heavy atom. The number of hydrogen-bond acceptors (Lipinski definition) is 4. The van der Waals surface area contributed by atoms with Gasteiger partial charge in [-0.1, -0.05) is 0 Å². The van der Waals surface area contributed by atoms with E-state index in [0.29, 0.717) is 0 Å². The molecule has 0 aromatic carbocycles. The van der Waals surface area contributed by atoms with Crippen molar-refractivity contribution in [3.05, 3.63) is 48.3 Å². The molecule has 0 fully saturated rings. The molecule has 0 saturated carbocycles. The molecule has 1 N–H and O–H groups in total. The molecule has 3 rings (SSSR count). The Balaban J connectivity index is 2.03. The summed E-state index contributed by atoms with van der Waals surface area (Å²) < 4.78 is 3.47. The maximum Gasteiger partial charge on any atom is 0.111 e. The fourth-order valence-corrected chi connectivity index (χ4v) is 1.94. The van der Waals surface area contributed by atoms with Gasteiger partial charge in [0.1, 0.15) is 6.10 Å². The van der Waals surface area contributed by atoms with E-state index in [1.165, 1.54) is 0 Å². The zero-order valence-electron chi connectivity index (χ0n) is 9.93. The van der Waals surface area contributed by atoms with Crippen LogP contribution in [0, 0.1) is 0 Å². The molecule has 3 aromatic heterocycles. The number of aryl methyl sites for hydroxylation is 1. The first kappa shape index (κ1) is 10.9. The van der Waals surface area contributed by atoms with Gasteiger partial charge in [-0.2, -0.15) is 10.2 Å². The number of rotatable bonds is 3. The molecule has 3 aromatic rings. The molecule has 0 saturated heterocycles. The van der Waals surface area contributed by atoms with Crippen LogP contribution in [-0.4, -0.2) is 29.5 Å². The molecule has 0 aliphatic carbocycles. The Hall–Kier alpha value is -2.21. The van der Waals surface area contributed by atoms with Crippen molar-refractivity contribution in [2.24, 2.45) is 0 Å². The Labute approximate surface area is 104 Å². The second-order valence-electron chi connectivity index (χ2n) is 4.04. The molecule has 92 valence electrons. The Morgan fingerprint density at radius 3 is 2.94 bits per heavy atom. The van der Waals surface area contributed by atoms with Crippen LogP contribution in [0.4, 0.5) is 0 Å². The molecule has 1 unspecified atom stereocenters. The van der Waals surface area contributed by atoms with Crippen molar-refractivity contribution in [3.63, 3.8) is 0 Å². The summed E-state index contributed by atoms with van der Waals surface area (Å²) in [5.74, 6) is 0. The monoisotopic (exact) mass is 243 g/mol. The molecule has 0 radical (unpaired) electrons. The van der Waals surface area contributed by atoms with Crippen molar-refractivity contribution in [2.45, 2.75) is 19.6 Å². The predicted octanol–water partition coefficient (Wildman–Crippen LogP) is 1.03. The van der Waals surface area contributed by atoms with Crippen LogP contribution in [0.3, 0.4) is 0 Å². The van der Waals surface area contributed by atoms with Gasteiger partial charge in [-0.3, -0.25) is 9.67 Å². The summed E-state index contributed by atoms with van der Waals surface area (Å²) in [5, 5.41) is 18.7. The summed E-state index contributed by atoms with van der Waals surface area (Å²) in [7, 11) is 0. The second-order valence-corrected chi connectivity index (χ2v) is 4.04. The number of hydrogen-bond donors (Lipinski definition) is 1. The molecule has 0 bridgehead atoms. The highest BCUT2D eigenvalue weighted by Gasteiger charge is 2.17. The number of aliphatic hydroxyl groups excluding tert-OH is 1. The van der Waals surface area contributed by atoms with Gasteiger partial charge in [0, 0.05) is 36.3 Å². The molecule has 1 atom stereocenters. The zero-order chi connectivity index (χ0) is 12.5. The van der Waals surface area contributed by atoms with Gasteiger partial charge in [-0.15, -0.1) is 0 Å². The highest BCUT2D eigenvalue weighted by atomic mass is 16.3.